The Morgan fingerprint density at radius 2 is 1.79 bits per heavy atom. The molecule has 0 heterocycles. The molecule has 0 atom stereocenters. The number of rotatable bonds is 3. The molecule has 1 amide bonds. The number of para-hydroxylation sites is 1. The van der Waals surface area contributed by atoms with Crippen molar-refractivity contribution in [2.45, 2.75) is 6.54 Å². The Kier molecular flexibility index (Phi) is 3.80. The van der Waals surface area contributed by atoms with Crippen LogP contribution in [0.5, 0.6) is 5.75 Å². The minimum absolute atomic E-state index is 0.0760. The molecule has 4 heteroatoms. The van der Waals surface area contributed by atoms with Crippen LogP contribution in [0.25, 0.3) is 0 Å². The van der Waals surface area contributed by atoms with Crippen molar-refractivity contribution in [3.63, 3.8) is 0 Å². The average molecular weight is 259 g/mol. The molecule has 3 nitrogen and oxygen atoms in total. The molecular formula is C15H14FNO2. The van der Waals surface area contributed by atoms with E-state index in [4.69, 9.17) is 0 Å². The molecule has 0 aliphatic heterocycles. The van der Waals surface area contributed by atoms with Crippen molar-refractivity contribution in [1.29, 1.82) is 0 Å². The summed E-state index contributed by atoms with van der Waals surface area (Å²) in [7, 11) is 1.57. The lowest BCUT2D eigenvalue weighted by atomic mass is 10.1. The zero-order chi connectivity index (χ0) is 13.8. The fraction of sp³-hybridized carbons (Fsp3) is 0.133. The van der Waals surface area contributed by atoms with Gasteiger partial charge in [0, 0.05) is 19.2 Å². The predicted octanol–water partition coefficient (Wildman–Crippen LogP) is 2.80. The van der Waals surface area contributed by atoms with Gasteiger partial charge in [0.2, 0.25) is 0 Å². The molecule has 0 aromatic heterocycles. The quantitative estimate of drug-likeness (QED) is 0.920. The maximum absolute atomic E-state index is 13.5. The van der Waals surface area contributed by atoms with Crippen LogP contribution in [0.1, 0.15) is 15.9 Å². The van der Waals surface area contributed by atoms with Gasteiger partial charge in [-0.3, -0.25) is 4.79 Å². The molecule has 0 bridgehead atoms. The molecule has 2 aromatic carbocycles. The van der Waals surface area contributed by atoms with Crippen LogP contribution in [0.4, 0.5) is 4.39 Å². The topological polar surface area (TPSA) is 40.5 Å². The van der Waals surface area contributed by atoms with Gasteiger partial charge in [0.1, 0.15) is 11.6 Å². The number of carbonyl (C=O) groups excluding carboxylic acids is 1. The van der Waals surface area contributed by atoms with Crippen LogP contribution in [0.15, 0.2) is 48.5 Å². The standard InChI is InChI=1S/C15H14FNO2/c1-17(10-11-6-2-4-8-13(11)16)15(19)12-7-3-5-9-14(12)18/h2-9,18H,10H2,1H3. The van der Waals surface area contributed by atoms with Crippen LogP contribution in [0.2, 0.25) is 0 Å². The molecular weight excluding hydrogens is 245 g/mol. The zero-order valence-electron chi connectivity index (χ0n) is 10.5. The number of phenols is 1. The SMILES string of the molecule is CN(Cc1ccccc1F)C(=O)c1ccccc1O. The molecule has 19 heavy (non-hydrogen) atoms. The maximum Gasteiger partial charge on any atom is 0.257 e. The maximum atomic E-state index is 13.5. The number of hydrogen-bond donors (Lipinski definition) is 1. The highest BCUT2D eigenvalue weighted by Gasteiger charge is 2.16. The second-order valence-electron chi connectivity index (χ2n) is 4.27. The second-order valence-corrected chi connectivity index (χ2v) is 4.27. The lowest BCUT2D eigenvalue weighted by Gasteiger charge is -2.18. The van der Waals surface area contributed by atoms with E-state index in [1.807, 2.05) is 0 Å². The molecule has 0 saturated carbocycles. The average Bonchev–Trinajstić information content (AvgIpc) is 2.41. The number of carbonyl (C=O) groups is 1. The molecule has 0 aliphatic carbocycles. The van der Waals surface area contributed by atoms with Gasteiger partial charge < -0.3 is 10.0 Å². The number of benzene rings is 2. The fourth-order valence-electron chi connectivity index (χ4n) is 1.81. The third-order valence-corrected chi connectivity index (χ3v) is 2.85. The van der Waals surface area contributed by atoms with Crippen LogP contribution in [-0.4, -0.2) is 23.0 Å². The Morgan fingerprint density at radius 1 is 1.16 bits per heavy atom. The summed E-state index contributed by atoms with van der Waals surface area (Å²) >= 11 is 0. The molecule has 0 radical (unpaired) electrons. The normalized spacial score (nSPS) is 10.2. The fourth-order valence-corrected chi connectivity index (χ4v) is 1.81. The van der Waals surface area contributed by atoms with E-state index in [-0.39, 0.29) is 29.6 Å². The smallest absolute Gasteiger partial charge is 0.257 e. The van der Waals surface area contributed by atoms with E-state index in [2.05, 4.69) is 0 Å². The lowest BCUT2D eigenvalue weighted by Crippen LogP contribution is -2.26. The van der Waals surface area contributed by atoms with E-state index < -0.39 is 0 Å². The van der Waals surface area contributed by atoms with Crippen LogP contribution in [-0.2, 0) is 6.54 Å². The van der Waals surface area contributed by atoms with Crippen molar-refractivity contribution in [3.05, 3.63) is 65.5 Å². The highest BCUT2D eigenvalue weighted by Crippen LogP contribution is 2.18. The van der Waals surface area contributed by atoms with Gasteiger partial charge in [-0.15, -0.1) is 0 Å². The summed E-state index contributed by atoms with van der Waals surface area (Å²) in [6.07, 6.45) is 0. The monoisotopic (exact) mass is 259 g/mol. The predicted molar refractivity (Wildman–Crippen MR) is 70.3 cm³/mol. The van der Waals surface area contributed by atoms with Crippen molar-refractivity contribution in [2.75, 3.05) is 7.05 Å². The molecule has 2 rings (SSSR count). The van der Waals surface area contributed by atoms with E-state index in [1.165, 1.54) is 23.1 Å². The van der Waals surface area contributed by atoms with Crippen molar-refractivity contribution in [3.8, 4) is 5.75 Å². The van der Waals surface area contributed by atoms with E-state index in [0.29, 0.717) is 5.56 Å². The molecule has 0 unspecified atom stereocenters. The van der Waals surface area contributed by atoms with Crippen LogP contribution in [0.3, 0.4) is 0 Å². The largest absolute Gasteiger partial charge is 0.507 e. The summed E-state index contributed by atoms with van der Waals surface area (Å²) in [5.41, 5.74) is 0.648. The first kappa shape index (κ1) is 13.1. The van der Waals surface area contributed by atoms with Crippen molar-refractivity contribution in [1.82, 2.24) is 4.90 Å². The highest BCUT2D eigenvalue weighted by molar-refractivity contribution is 5.96. The lowest BCUT2D eigenvalue weighted by molar-refractivity contribution is 0.0781. The van der Waals surface area contributed by atoms with Crippen LogP contribution in [0, 0.1) is 5.82 Å². The van der Waals surface area contributed by atoms with E-state index >= 15 is 0 Å². The number of amides is 1. The minimum Gasteiger partial charge on any atom is -0.507 e. The van der Waals surface area contributed by atoms with E-state index in [1.54, 1.807) is 37.4 Å². The molecule has 0 fully saturated rings. The van der Waals surface area contributed by atoms with Gasteiger partial charge in [-0.25, -0.2) is 4.39 Å². The van der Waals surface area contributed by atoms with Crippen LogP contribution >= 0.6 is 0 Å². The summed E-state index contributed by atoms with van der Waals surface area (Å²) in [6, 6.07) is 12.6. The molecule has 1 N–H and O–H groups in total. The Labute approximate surface area is 110 Å². The van der Waals surface area contributed by atoms with Gasteiger partial charge in [0.05, 0.1) is 5.56 Å². The summed E-state index contributed by atoms with van der Waals surface area (Å²) in [5.74, 6) is -0.770. The molecule has 0 spiro atoms. The molecule has 2 aromatic rings. The third-order valence-electron chi connectivity index (χ3n) is 2.85. The summed E-state index contributed by atoms with van der Waals surface area (Å²) in [5, 5.41) is 9.63. The van der Waals surface area contributed by atoms with E-state index in [0.717, 1.165) is 0 Å². The van der Waals surface area contributed by atoms with Crippen molar-refractivity contribution in [2.24, 2.45) is 0 Å². The number of hydrogen-bond acceptors (Lipinski definition) is 2. The first-order valence-corrected chi connectivity index (χ1v) is 5.86. The number of aromatic hydroxyl groups is 1. The van der Waals surface area contributed by atoms with Gasteiger partial charge >= 0.3 is 0 Å². The third kappa shape index (κ3) is 2.91. The Bertz CT molecular complexity index is 598. The van der Waals surface area contributed by atoms with Gasteiger partial charge in [-0.2, -0.15) is 0 Å². The number of phenolic OH excluding ortho intramolecular Hbond substituents is 1. The summed E-state index contributed by atoms with van der Waals surface area (Å²) in [6.45, 7) is 0.153. The Hall–Kier alpha value is -2.36. The van der Waals surface area contributed by atoms with Gasteiger partial charge in [-0.05, 0) is 18.2 Å². The summed E-state index contributed by atoms with van der Waals surface area (Å²) in [4.78, 5) is 13.5. The Morgan fingerprint density at radius 3 is 2.47 bits per heavy atom. The number of halogens is 1. The molecule has 0 aliphatic rings. The van der Waals surface area contributed by atoms with Crippen molar-refractivity contribution >= 4 is 5.91 Å². The summed E-state index contributed by atoms with van der Waals surface area (Å²) < 4.78 is 13.5. The molecule has 98 valence electrons. The number of nitrogens with zero attached hydrogens (tertiary/aromatic N) is 1. The minimum atomic E-state index is -0.348. The molecule has 0 saturated heterocycles. The second kappa shape index (κ2) is 5.52. The zero-order valence-corrected chi connectivity index (χ0v) is 10.5. The van der Waals surface area contributed by atoms with Crippen molar-refractivity contribution < 1.29 is 14.3 Å². The first-order chi connectivity index (χ1) is 9.09. The highest BCUT2D eigenvalue weighted by atomic mass is 19.1. The van der Waals surface area contributed by atoms with E-state index in [9.17, 15) is 14.3 Å². The Balaban J connectivity index is 2.17. The first-order valence-electron chi connectivity index (χ1n) is 5.86. The van der Waals surface area contributed by atoms with Crippen LogP contribution < -0.4 is 0 Å². The van der Waals surface area contributed by atoms with Gasteiger partial charge in [0.25, 0.3) is 5.91 Å². The van der Waals surface area contributed by atoms with Gasteiger partial charge in [-0.1, -0.05) is 30.3 Å². The van der Waals surface area contributed by atoms with Gasteiger partial charge in [0.15, 0.2) is 0 Å².